The number of aromatic nitrogens is 1. The maximum absolute atomic E-state index is 13.0. The predicted octanol–water partition coefficient (Wildman–Crippen LogP) is 2.92. The van der Waals surface area contributed by atoms with Gasteiger partial charge in [-0.05, 0) is 44.0 Å². The highest BCUT2D eigenvalue weighted by atomic mass is 16.5. The summed E-state index contributed by atoms with van der Waals surface area (Å²) >= 11 is 0. The van der Waals surface area contributed by atoms with Crippen molar-refractivity contribution in [2.75, 3.05) is 44.9 Å². The summed E-state index contributed by atoms with van der Waals surface area (Å²) in [4.78, 5) is 32.1. The van der Waals surface area contributed by atoms with Crippen LogP contribution in [0.25, 0.3) is 0 Å². The van der Waals surface area contributed by atoms with Crippen LogP contribution in [0.2, 0.25) is 0 Å². The van der Waals surface area contributed by atoms with E-state index in [1.165, 1.54) is 5.69 Å². The fourth-order valence-corrected chi connectivity index (χ4v) is 3.64. The molecule has 2 heterocycles. The molecule has 1 aromatic carbocycles. The Morgan fingerprint density at radius 1 is 1.17 bits per heavy atom. The monoisotopic (exact) mass is 399 g/mol. The molecule has 1 N–H and O–H groups in total. The Hall–Kier alpha value is -2.80. The van der Waals surface area contributed by atoms with Gasteiger partial charge in [-0.3, -0.25) is 4.79 Å². The number of nitrogens with one attached hydrogen (secondary N) is 1. The summed E-state index contributed by atoms with van der Waals surface area (Å²) in [7, 11) is 1.76. The summed E-state index contributed by atoms with van der Waals surface area (Å²) in [5, 5.41) is 0. The van der Waals surface area contributed by atoms with E-state index in [1.54, 1.807) is 32.7 Å². The maximum Gasteiger partial charge on any atom is 0.340 e. The van der Waals surface area contributed by atoms with Crippen LogP contribution < -0.4 is 4.90 Å². The second-order valence-electron chi connectivity index (χ2n) is 7.27. The fraction of sp³-hybridized carbons (Fsp3) is 0.455. The number of amides is 1. The van der Waals surface area contributed by atoms with Crippen LogP contribution in [0.1, 0.15) is 44.6 Å². The number of ether oxygens (including phenoxy) is 2. The lowest BCUT2D eigenvalue weighted by atomic mass is 10.1. The number of carbonyl (C=O) groups is 2. The van der Waals surface area contributed by atoms with Gasteiger partial charge in [0.05, 0.1) is 25.4 Å². The van der Waals surface area contributed by atoms with E-state index in [0.29, 0.717) is 35.7 Å². The van der Waals surface area contributed by atoms with Crippen LogP contribution in [-0.2, 0) is 16.0 Å². The number of aromatic amines is 1. The summed E-state index contributed by atoms with van der Waals surface area (Å²) in [5.74, 6) is -0.558. The molecule has 0 atom stereocenters. The van der Waals surface area contributed by atoms with Crippen molar-refractivity contribution < 1.29 is 19.1 Å². The average Bonchev–Trinajstić information content (AvgIpc) is 3.02. The summed E-state index contributed by atoms with van der Waals surface area (Å²) in [6, 6.07) is 8.26. The van der Waals surface area contributed by atoms with Crippen molar-refractivity contribution in [1.82, 2.24) is 9.88 Å². The number of hydrogen-bond donors (Lipinski definition) is 1. The van der Waals surface area contributed by atoms with Crippen LogP contribution in [-0.4, -0.2) is 61.7 Å². The van der Waals surface area contributed by atoms with Crippen molar-refractivity contribution in [3.8, 4) is 0 Å². The molecular formula is C22H29N3O4. The van der Waals surface area contributed by atoms with Crippen molar-refractivity contribution in [1.29, 1.82) is 0 Å². The highest BCUT2D eigenvalue weighted by Crippen LogP contribution is 2.22. The van der Waals surface area contributed by atoms with E-state index in [-0.39, 0.29) is 5.91 Å². The number of nitrogens with zero attached hydrogens (tertiary/aromatic N) is 2. The van der Waals surface area contributed by atoms with Gasteiger partial charge in [0, 0.05) is 38.1 Å². The third-order valence-electron chi connectivity index (χ3n) is 5.21. The van der Waals surface area contributed by atoms with Crippen LogP contribution in [0.4, 0.5) is 5.69 Å². The van der Waals surface area contributed by atoms with E-state index in [9.17, 15) is 9.59 Å². The Kier molecular flexibility index (Phi) is 6.59. The third-order valence-corrected chi connectivity index (χ3v) is 5.21. The third kappa shape index (κ3) is 4.62. The van der Waals surface area contributed by atoms with Crippen molar-refractivity contribution in [3.63, 3.8) is 0 Å². The Balaban J connectivity index is 1.69. The molecule has 0 saturated carbocycles. The van der Waals surface area contributed by atoms with E-state index < -0.39 is 5.97 Å². The largest absolute Gasteiger partial charge is 0.462 e. The van der Waals surface area contributed by atoms with Crippen LogP contribution in [0, 0.1) is 13.8 Å². The number of benzene rings is 1. The van der Waals surface area contributed by atoms with E-state index >= 15 is 0 Å². The van der Waals surface area contributed by atoms with Crippen molar-refractivity contribution >= 4 is 17.6 Å². The molecule has 1 amide bonds. The first-order valence-corrected chi connectivity index (χ1v) is 9.95. The van der Waals surface area contributed by atoms with Gasteiger partial charge in [0.2, 0.25) is 0 Å². The van der Waals surface area contributed by atoms with Crippen molar-refractivity contribution in [2.45, 2.75) is 27.3 Å². The topological polar surface area (TPSA) is 74.9 Å². The zero-order chi connectivity index (χ0) is 21.0. The van der Waals surface area contributed by atoms with Gasteiger partial charge in [0.1, 0.15) is 5.69 Å². The Labute approximate surface area is 171 Å². The zero-order valence-electron chi connectivity index (χ0n) is 17.6. The van der Waals surface area contributed by atoms with Crippen LogP contribution in [0.3, 0.4) is 0 Å². The molecule has 3 rings (SSSR count). The van der Waals surface area contributed by atoms with Gasteiger partial charge in [-0.1, -0.05) is 12.1 Å². The molecule has 0 radical (unpaired) electrons. The molecule has 7 nitrogen and oxygen atoms in total. The normalized spacial score (nSPS) is 14.0. The summed E-state index contributed by atoms with van der Waals surface area (Å²) < 4.78 is 10.5. The predicted molar refractivity (Wildman–Crippen MR) is 111 cm³/mol. The Bertz CT molecular complexity index is 867. The van der Waals surface area contributed by atoms with E-state index in [2.05, 4.69) is 22.0 Å². The molecule has 1 fully saturated rings. The lowest BCUT2D eigenvalue weighted by molar-refractivity contribution is 0.0525. The molecule has 1 aromatic heterocycles. The molecule has 156 valence electrons. The van der Waals surface area contributed by atoms with Gasteiger partial charge in [-0.15, -0.1) is 0 Å². The van der Waals surface area contributed by atoms with Gasteiger partial charge in [0.25, 0.3) is 5.91 Å². The van der Waals surface area contributed by atoms with E-state index in [4.69, 9.17) is 9.47 Å². The van der Waals surface area contributed by atoms with E-state index in [0.717, 1.165) is 31.9 Å². The number of esters is 1. The molecule has 0 aliphatic carbocycles. The number of morpholine rings is 1. The molecule has 0 bridgehead atoms. The maximum atomic E-state index is 13.0. The first-order chi connectivity index (χ1) is 13.9. The van der Waals surface area contributed by atoms with Gasteiger partial charge >= 0.3 is 5.97 Å². The number of hydrogen-bond acceptors (Lipinski definition) is 5. The quantitative estimate of drug-likeness (QED) is 0.756. The first kappa shape index (κ1) is 20.9. The number of aryl methyl sites for hydroxylation is 1. The highest BCUT2D eigenvalue weighted by molar-refractivity contribution is 6.00. The molecule has 7 heteroatoms. The molecular weight excluding hydrogens is 370 g/mol. The van der Waals surface area contributed by atoms with Gasteiger partial charge in [-0.25, -0.2) is 4.79 Å². The molecule has 1 saturated heterocycles. The number of carbonyl (C=O) groups excluding carboxylic acids is 2. The van der Waals surface area contributed by atoms with E-state index in [1.807, 2.05) is 12.1 Å². The molecule has 0 unspecified atom stereocenters. The second kappa shape index (κ2) is 9.13. The Morgan fingerprint density at radius 2 is 1.83 bits per heavy atom. The molecule has 1 aliphatic heterocycles. The van der Waals surface area contributed by atoms with Gasteiger partial charge in [0.15, 0.2) is 0 Å². The number of H-pyrrole nitrogens is 1. The minimum atomic E-state index is -0.404. The number of anilines is 1. The zero-order valence-corrected chi connectivity index (χ0v) is 17.6. The highest BCUT2D eigenvalue weighted by Gasteiger charge is 2.24. The first-order valence-electron chi connectivity index (χ1n) is 9.95. The summed E-state index contributed by atoms with van der Waals surface area (Å²) in [6.07, 6.45) is 0. The second-order valence-corrected chi connectivity index (χ2v) is 7.27. The smallest absolute Gasteiger partial charge is 0.340 e. The molecule has 29 heavy (non-hydrogen) atoms. The van der Waals surface area contributed by atoms with Crippen molar-refractivity contribution in [3.05, 3.63) is 52.3 Å². The SMILES string of the molecule is CCOC(=O)c1c(C)[nH]c(C(=O)N(C)Cc2ccc(N3CCOCC3)cc2)c1C. The lowest BCUT2D eigenvalue weighted by Crippen LogP contribution is -2.36. The average molecular weight is 399 g/mol. The van der Waals surface area contributed by atoms with Crippen LogP contribution in [0.15, 0.2) is 24.3 Å². The summed E-state index contributed by atoms with van der Waals surface area (Å²) in [6.45, 7) is 9.39. The van der Waals surface area contributed by atoms with Crippen molar-refractivity contribution in [2.24, 2.45) is 0 Å². The van der Waals surface area contributed by atoms with Gasteiger partial charge in [-0.2, -0.15) is 0 Å². The minimum Gasteiger partial charge on any atom is -0.462 e. The standard InChI is InChI=1S/C22H29N3O4/c1-5-29-22(27)19-15(2)20(23-16(19)3)21(26)24(4)14-17-6-8-18(9-7-17)25-10-12-28-13-11-25/h6-9,23H,5,10-14H2,1-4H3. The molecule has 2 aromatic rings. The summed E-state index contributed by atoms with van der Waals surface area (Å²) in [5.41, 5.74) is 4.36. The minimum absolute atomic E-state index is 0.154. The van der Waals surface area contributed by atoms with Crippen LogP contribution >= 0.6 is 0 Å². The molecule has 0 spiro atoms. The fourth-order valence-electron chi connectivity index (χ4n) is 3.64. The Morgan fingerprint density at radius 3 is 2.45 bits per heavy atom. The van der Waals surface area contributed by atoms with Gasteiger partial charge < -0.3 is 24.3 Å². The molecule has 1 aliphatic rings. The number of rotatable bonds is 6. The van der Waals surface area contributed by atoms with Crippen LogP contribution in [0.5, 0.6) is 0 Å². The lowest BCUT2D eigenvalue weighted by Gasteiger charge is -2.29.